The normalized spacial score (nSPS) is 16.8. The highest BCUT2D eigenvalue weighted by Crippen LogP contribution is 2.35. The number of halogens is 2. The summed E-state index contributed by atoms with van der Waals surface area (Å²) >= 11 is 12.1. The van der Waals surface area contributed by atoms with Gasteiger partial charge in [0.1, 0.15) is 5.75 Å². The molecular formula is C16H14Cl2N2O4S. The highest BCUT2D eigenvalue weighted by Gasteiger charge is 2.35. The lowest BCUT2D eigenvalue weighted by molar-refractivity contribution is -0.122. The van der Waals surface area contributed by atoms with Crippen LogP contribution in [0, 0.1) is 0 Å². The van der Waals surface area contributed by atoms with Gasteiger partial charge in [0.2, 0.25) is 10.0 Å². The number of para-hydroxylation sites is 3. The predicted octanol–water partition coefficient (Wildman–Crippen LogP) is 3.16. The maximum absolute atomic E-state index is 12.6. The molecule has 1 N–H and O–H groups in total. The van der Waals surface area contributed by atoms with Crippen molar-refractivity contribution in [1.29, 1.82) is 0 Å². The van der Waals surface area contributed by atoms with E-state index in [1.807, 2.05) is 0 Å². The molecule has 1 atom stereocenters. The lowest BCUT2D eigenvalue weighted by Gasteiger charge is -2.33. The van der Waals surface area contributed by atoms with E-state index in [9.17, 15) is 13.2 Å². The number of nitrogens with one attached hydrogen (secondary N) is 1. The first-order chi connectivity index (χ1) is 11.8. The Bertz CT molecular complexity index is 913. The largest absolute Gasteiger partial charge is 0.476 e. The van der Waals surface area contributed by atoms with Crippen LogP contribution in [-0.4, -0.2) is 33.2 Å². The molecule has 2 aromatic carbocycles. The fraction of sp³-hybridized carbons (Fsp3) is 0.188. The molecule has 0 aliphatic carbocycles. The second-order valence-corrected chi connectivity index (χ2v) is 8.18. The number of nitrogens with zero attached hydrogens (tertiary/aromatic N) is 1. The van der Waals surface area contributed by atoms with Crippen molar-refractivity contribution in [1.82, 2.24) is 0 Å². The minimum atomic E-state index is -3.57. The van der Waals surface area contributed by atoms with Gasteiger partial charge in [-0.2, -0.15) is 0 Å². The van der Waals surface area contributed by atoms with E-state index in [1.165, 1.54) is 0 Å². The predicted molar refractivity (Wildman–Crippen MR) is 98.1 cm³/mol. The second kappa shape index (κ2) is 6.74. The van der Waals surface area contributed by atoms with Gasteiger partial charge in [-0.3, -0.25) is 9.10 Å². The Kier molecular flexibility index (Phi) is 4.81. The molecule has 2 aromatic rings. The quantitative estimate of drug-likeness (QED) is 0.858. The van der Waals surface area contributed by atoms with E-state index >= 15 is 0 Å². The third-order valence-corrected chi connectivity index (χ3v) is 5.41. The number of anilines is 2. The zero-order valence-corrected chi connectivity index (χ0v) is 15.4. The van der Waals surface area contributed by atoms with E-state index in [2.05, 4.69) is 5.32 Å². The van der Waals surface area contributed by atoms with E-state index in [0.717, 1.165) is 10.6 Å². The first-order valence-electron chi connectivity index (χ1n) is 7.25. The van der Waals surface area contributed by atoms with Crippen LogP contribution in [0.15, 0.2) is 42.5 Å². The summed E-state index contributed by atoms with van der Waals surface area (Å²) in [4.78, 5) is 12.6. The molecule has 25 heavy (non-hydrogen) atoms. The molecule has 0 aromatic heterocycles. The average molecular weight is 401 g/mol. The number of benzene rings is 2. The zero-order valence-electron chi connectivity index (χ0n) is 13.1. The van der Waals surface area contributed by atoms with E-state index in [0.29, 0.717) is 11.4 Å². The van der Waals surface area contributed by atoms with Crippen molar-refractivity contribution in [3.8, 4) is 5.75 Å². The fourth-order valence-electron chi connectivity index (χ4n) is 2.47. The summed E-state index contributed by atoms with van der Waals surface area (Å²) in [5.74, 6) is -0.234. The molecule has 6 nitrogen and oxygen atoms in total. The number of fused-ring (bicyclic) bond motifs is 1. The Balaban J connectivity index is 1.90. The zero-order chi connectivity index (χ0) is 18.2. The van der Waals surface area contributed by atoms with Gasteiger partial charge in [-0.05, 0) is 24.3 Å². The summed E-state index contributed by atoms with van der Waals surface area (Å²) in [5, 5.41) is 3.15. The Hall–Kier alpha value is -1.96. The molecule has 1 aliphatic heterocycles. The summed E-state index contributed by atoms with van der Waals surface area (Å²) in [5.41, 5.74) is 0.647. The standard InChI is InChI=1S/C16H14Cl2N2O4S/c1-25(22,23)20-9-14(24-13-8-3-2-7-12(13)20)16(21)19-15-10(17)5-4-6-11(15)18/h2-8,14H,9H2,1H3,(H,19,21)/t14-/m1/s1. The van der Waals surface area contributed by atoms with Gasteiger partial charge in [0, 0.05) is 0 Å². The fourth-order valence-corrected chi connectivity index (χ4v) is 3.88. The van der Waals surface area contributed by atoms with Gasteiger partial charge in [0.05, 0.1) is 34.2 Å². The Morgan fingerprint density at radius 1 is 1.16 bits per heavy atom. The molecule has 0 spiro atoms. The van der Waals surface area contributed by atoms with Crippen molar-refractivity contribution in [3.63, 3.8) is 0 Å². The van der Waals surface area contributed by atoms with Gasteiger partial charge >= 0.3 is 0 Å². The smallest absolute Gasteiger partial charge is 0.267 e. The third-order valence-electron chi connectivity index (χ3n) is 3.64. The number of hydrogen-bond acceptors (Lipinski definition) is 4. The van der Waals surface area contributed by atoms with Crippen molar-refractivity contribution in [2.24, 2.45) is 0 Å². The van der Waals surface area contributed by atoms with Gasteiger partial charge in [-0.25, -0.2) is 8.42 Å². The van der Waals surface area contributed by atoms with Crippen LogP contribution >= 0.6 is 23.2 Å². The highest BCUT2D eigenvalue weighted by molar-refractivity contribution is 7.92. The van der Waals surface area contributed by atoms with Crippen molar-refractivity contribution in [2.75, 3.05) is 22.4 Å². The molecule has 1 amide bonds. The molecule has 132 valence electrons. The molecule has 9 heteroatoms. The van der Waals surface area contributed by atoms with Crippen molar-refractivity contribution < 1.29 is 17.9 Å². The minimum Gasteiger partial charge on any atom is -0.476 e. The summed E-state index contributed by atoms with van der Waals surface area (Å²) < 4.78 is 31.0. The Morgan fingerprint density at radius 3 is 2.44 bits per heavy atom. The molecule has 1 heterocycles. The number of amides is 1. The van der Waals surface area contributed by atoms with E-state index in [-0.39, 0.29) is 22.3 Å². The number of rotatable bonds is 3. The van der Waals surface area contributed by atoms with E-state index in [1.54, 1.807) is 42.5 Å². The molecule has 0 saturated carbocycles. The molecular weight excluding hydrogens is 387 g/mol. The van der Waals surface area contributed by atoms with Crippen LogP contribution in [0.25, 0.3) is 0 Å². The van der Waals surface area contributed by atoms with Gasteiger partial charge in [-0.15, -0.1) is 0 Å². The molecule has 0 unspecified atom stereocenters. The van der Waals surface area contributed by atoms with Crippen LogP contribution in [0.2, 0.25) is 10.0 Å². The molecule has 0 radical (unpaired) electrons. The molecule has 0 saturated heterocycles. The van der Waals surface area contributed by atoms with Crippen molar-refractivity contribution in [3.05, 3.63) is 52.5 Å². The summed E-state index contributed by atoms with van der Waals surface area (Å²) in [6.45, 7) is -0.149. The first-order valence-corrected chi connectivity index (χ1v) is 9.86. The van der Waals surface area contributed by atoms with Crippen LogP contribution in [-0.2, 0) is 14.8 Å². The van der Waals surface area contributed by atoms with Crippen LogP contribution < -0.4 is 14.4 Å². The lowest BCUT2D eigenvalue weighted by Crippen LogP contribution is -2.48. The maximum Gasteiger partial charge on any atom is 0.267 e. The summed E-state index contributed by atoms with van der Waals surface area (Å²) in [6.07, 6.45) is 0.0339. The van der Waals surface area contributed by atoms with Gasteiger partial charge in [0.25, 0.3) is 5.91 Å². The molecule has 1 aliphatic rings. The Labute approximate surface area is 155 Å². The third kappa shape index (κ3) is 3.68. The highest BCUT2D eigenvalue weighted by atomic mass is 35.5. The van der Waals surface area contributed by atoms with E-state index in [4.69, 9.17) is 27.9 Å². The molecule has 0 bridgehead atoms. The van der Waals surface area contributed by atoms with Crippen LogP contribution in [0.3, 0.4) is 0 Å². The van der Waals surface area contributed by atoms with Crippen LogP contribution in [0.1, 0.15) is 0 Å². The number of ether oxygens (including phenoxy) is 1. The van der Waals surface area contributed by atoms with Crippen LogP contribution in [0.4, 0.5) is 11.4 Å². The summed E-state index contributed by atoms with van der Waals surface area (Å²) in [6, 6.07) is 11.4. The van der Waals surface area contributed by atoms with Crippen molar-refractivity contribution >= 4 is 50.5 Å². The number of carbonyl (C=O) groups excluding carboxylic acids is 1. The number of carbonyl (C=O) groups is 1. The molecule has 0 fully saturated rings. The second-order valence-electron chi connectivity index (χ2n) is 5.45. The van der Waals surface area contributed by atoms with Gasteiger partial charge in [0.15, 0.2) is 6.10 Å². The summed E-state index contributed by atoms with van der Waals surface area (Å²) in [7, 11) is -3.57. The minimum absolute atomic E-state index is 0.149. The van der Waals surface area contributed by atoms with Gasteiger partial charge in [-0.1, -0.05) is 41.4 Å². The maximum atomic E-state index is 12.6. The van der Waals surface area contributed by atoms with E-state index < -0.39 is 22.0 Å². The average Bonchev–Trinajstić information content (AvgIpc) is 2.56. The Morgan fingerprint density at radius 2 is 1.80 bits per heavy atom. The number of hydrogen-bond donors (Lipinski definition) is 1. The van der Waals surface area contributed by atoms with Gasteiger partial charge < -0.3 is 10.1 Å². The number of sulfonamides is 1. The molecule has 3 rings (SSSR count). The lowest BCUT2D eigenvalue weighted by atomic mass is 10.2. The SMILES string of the molecule is CS(=O)(=O)N1C[C@H](C(=O)Nc2c(Cl)cccc2Cl)Oc2ccccc21. The monoisotopic (exact) mass is 400 g/mol. The van der Waals surface area contributed by atoms with Crippen LogP contribution in [0.5, 0.6) is 5.75 Å². The first kappa shape index (κ1) is 17.8. The van der Waals surface area contributed by atoms with Crippen molar-refractivity contribution in [2.45, 2.75) is 6.10 Å². The topological polar surface area (TPSA) is 75.7 Å².